The van der Waals surface area contributed by atoms with E-state index in [2.05, 4.69) is 5.32 Å². The van der Waals surface area contributed by atoms with Gasteiger partial charge in [-0.3, -0.25) is 0 Å². The molecular formula is C14H12F3NO2. The largest absolute Gasteiger partial charge is 0.504 e. The van der Waals surface area contributed by atoms with Crippen molar-refractivity contribution >= 4 is 5.69 Å². The van der Waals surface area contributed by atoms with E-state index in [1.165, 1.54) is 7.11 Å². The van der Waals surface area contributed by atoms with Gasteiger partial charge in [-0.2, -0.15) is 0 Å². The van der Waals surface area contributed by atoms with Crippen LogP contribution in [-0.4, -0.2) is 12.2 Å². The fraction of sp³-hybridized carbons (Fsp3) is 0.143. The van der Waals surface area contributed by atoms with Crippen LogP contribution in [0.1, 0.15) is 5.56 Å². The van der Waals surface area contributed by atoms with Gasteiger partial charge in [0.15, 0.2) is 23.1 Å². The number of rotatable bonds is 4. The number of halogens is 3. The summed E-state index contributed by atoms with van der Waals surface area (Å²) >= 11 is 0. The van der Waals surface area contributed by atoms with Crippen LogP contribution in [0.15, 0.2) is 30.3 Å². The van der Waals surface area contributed by atoms with Crippen LogP contribution in [-0.2, 0) is 6.54 Å². The predicted molar refractivity (Wildman–Crippen MR) is 68.3 cm³/mol. The first-order chi connectivity index (χ1) is 9.52. The molecule has 2 N–H and O–H groups in total. The van der Waals surface area contributed by atoms with E-state index in [0.717, 1.165) is 6.07 Å². The third kappa shape index (κ3) is 2.79. The van der Waals surface area contributed by atoms with E-state index < -0.39 is 17.5 Å². The van der Waals surface area contributed by atoms with E-state index in [4.69, 9.17) is 4.74 Å². The third-order valence-electron chi connectivity index (χ3n) is 2.76. The van der Waals surface area contributed by atoms with Crippen molar-refractivity contribution in [2.45, 2.75) is 6.54 Å². The van der Waals surface area contributed by atoms with Crippen molar-refractivity contribution in [1.82, 2.24) is 0 Å². The average molecular weight is 283 g/mol. The number of benzene rings is 2. The van der Waals surface area contributed by atoms with E-state index in [1.807, 2.05) is 0 Å². The zero-order chi connectivity index (χ0) is 14.7. The van der Waals surface area contributed by atoms with Gasteiger partial charge in [0, 0.05) is 24.2 Å². The average Bonchev–Trinajstić information content (AvgIpc) is 2.42. The fourth-order valence-corrected chi connectivity index (χ4v) is 1.75. The summed E-state index contributed by atoms with van der Waals surface area (Å²) < 4.78 is 44.4. The number of nitrogens with one attached hydrogen (secondary N) is 1. The highest BCUT2D eigenvalue weighted by Crippen LogP contribution is 2.30. The maximum atomic E-state index is 13.4. The van der Waals surface area contributed by atoms with E-state index in [9.17, 15) is 18.3 Å². The molecule has 0 aliphatic heterocycles. The highest BCUT2D eigenvalue weighted by atomic mass is 19.2. The van der Waals surface area contributed by atoms with E-state index >= 15 is 0 Å². The predicted octanol–water partition coefficient (Wildman–Crippen LogP) is 3.43. The quantitative estimate of drug-likeness (QED) is 0.845. The molecule has 0 aliphatic carbocycles. The number of phenols is 1. The van der Waals surface area contributed by atoms with E-state index in [1.54, 1.807) is 18.2 Å². The van der Waals surface area contributed by atoms with Crippen LogP contribution in [0.5, 0.6) is 11.5 Å². The van der Waals surface area contributed by atoms with Crippen molar-refractivity contribution in [3.63, 3.8) is 0 Å². The minimum atomic E-state index is -1.28. The molecule has 0 radical (unpaired) electrons. The van der Waals surface area contributed by atoms with Gasteiger partial charge in [-0.25, -0.2) is 13.2 Å². The van der Waals surface area contributed by atoms with Crippen molar-refractivity contribution in [2.75, 3.05) is 12.4 Å². The van der Waals surface area contributed by atoms with Crippen LogP contribution in [0.2, 0.25) is 0 Å². The zero-order valence-electron chi connectivity index (χ0n) is 10.6. The first-order valence-electron chi connectivity index (χ1n) is 5.76. The molecule has 0 saturated carbocycles. The number of hydrogen-bond acceptors (Lipinski definition) is 3. The summed E-state index contributed by atoms with van der Waals surface area (Å²) in [7, 11) is 1.40. The summed E-state index contributed by atoms with van der Waals surface area (Å²) in [4.78, 5) is 0. The molecule has 2 rings (SSSR count). The molecule has 0 aliphatic rings. The van der Waals surface area contributed by atoms with Crippen molar-refractivity contribution in [2.24, 2.45) is 0 Å². The van der Waals surface area contributed by atoms with Gasteiger partial charge in [0.25, 0.3) is 0 Å². The van der Waals surface area contributed by atoms with Crippen molar-refractivity contribution in [1.29, 1.82) is 0 Å². The number of ether oxygens (including phenoxy) is 1. The summed E-state index contributed by atoms with van der Waals surface area (Å²) in [6.07, 6.45) is 0. The molecule has 0 unspecified atom stereocenters. The Morgan fingerprint density at radius 2 is 1.95 bits per heavy atom. The molecule has 0 atom stereocenters. The number of para-hydroxylation sites is 1. The van der Waals surface area contributed by atoms with Gasteiger partial charge in [-0.05, 0) is 6.07 Å². The number of hydrogen-bond donors (Lipinski definition) is 2. The Labute approximate surface area is 113 Å². The molecule has 3 nitrogen and oxygen atoms in total. The molecule has 20 heavy (non-hydrogen) atoms. The normalized spacial score (nSPS) is 10.4. The maximum Gasteiger partial charge on any atom is 0.182 e. The Morgan fingerprint density at radius 3 is 2.65 bits per heavy atom. The van der Waals surface area contributed by atoms with Crippen LogP contribution >= 0.6 is 0 Å². The topological polar surface area (TPSA) is 41.5 Å². The second-order valence-corrected chi connectivity index (χ2v) is 4.07. The minimum Gasteiger partial charge on any atom is -0.504 e. The highest BCUT2D eigenvalue weighted by molar-refractivity contribution is 5.50. The summed E-state index contributed by atoms with van der Waals surface area (Å²) in [5.74, 6) is -3.19. The standard InChI is InChI=1S/C14H12F3NO2/c1-20-12-4-2-3-8(14(12)19)7-18-11-6-9(15)5-10(16)13(11)17/h2-6,18-19H,7H2,1H3. The number of phenolic OH excluding ortho intramolecular Hbond substituents is 1. The Kier molecular flexibility index (Phi) is 4.02. The van der Waals surface area contributed by atoms with Gasteiger partial charge in [0.1, 0.15) is 5.82 Å². The first-order valence-corrected chi connectivity index (χ1v) is 5.76. The Morgan fingerprint density at radius 1 is 1.20 bits per heavy atom. The lowest BCUT2D eigenvalue weighted by atomic mass is 10.1. The highest BCUT2D eigenvalue weighted by Gasteiger charge is 2.12. The number of methoxy groups -OCH3 is 1. The Bertz CT molecular complexity index is 632. The molecule has 6 heteroatoms. The molecule has 0 aromatic heterocycles. The Hall–Kier alpha value is -2.37. The third-order valence-corrected chi connectivity index (χ3v) is 2.76. The van der Waals surface area contributed by atoms with Crippen LogP contribution in [0.25, 0.3) is 0 Å². The van der Waals surface area contributed by atoms with Crippen molar-refractivity contribution in [3.8, 4) is 11.5 Å². The second kappa shape index (κ2) is 5.73. The molecule has 2 aromatic carbocycles. The SMILES string of the molecule is COc1cccc(CNc2cc(F)cc(F)c2F)c1O. The molecule has 0 amide bonds. The van der Waals surface area contributed by atoms with Crippen LogP contribution in [0.4, 0.5) is 18.9 Å². The van der Waals surface area contributed by atoms with E-state index in [-0.39, 0.29) is 23.7 Å². The van der Waals surface area contributed by atoms with Gasteiger partial charge in [0.2, 0.25) is 0 Å². The minimum absolute atomic E-state index is 0.0111. The molecule has 2 aromatic rings. The van der Waals surface area contributed by atoms with Crippen molar-refractivity contribution in [3.05, 3.63) is 53.3 Å². The lowest BCUT2D eigenvalue weighted by Crippen LogP contribution is -2.04. The summed E-state index contributed by atoms with van der Waals surface area (Å²) in [6.45, 7) is -0.0111. The van der Waals surface area contributed by atoms with Crippen LogP contribution < -0.4 is 10.1 Å². The van der Waals surface area contributed by atoms with Gasteiger partial charge in [-0.1, -0.05) is 12.1 Å². The second-order valence-electron chi connectivity index (χ2n) is 4.07. The number of aromatic hydroxyl groups is 1. The molecule has 0 spiro atoms. The first kappa shape index (κ1) is 14.0. The van der Waals surface area contributed by atoms with Gasteiger partial charge in [0.05, 0.1) is 12.8 Å². The molecule has 106 valence electrons. The molecule has 0 heterocycles. The lowest BCUT2D eigenvalue weighted by Gasteiger charge is -2.11. The number of anilines is 1. The fourth-order valence-electron chi connectivity index (χ4n) is 1.75. The van der Waals surface area contributed by atoms with Crippen LogP contribution in [0, 0.1) is 17.5 Å². The van der Waals surface area contributed by atoms with Gasteiger partial charge in [-0.15, -0.1) is 0 Å². The Balaban J connectivity index is 2.21. The zero-order valence-corrected chi connectivity index (χ0v) is 10.6. The smallest absolute Gasteiger partial charge is 0.182 e. The van der Waals surface area contributed by atoms with E-state index in [0.29, 0.717) is 11.6 Å². The van der Waals surface area contributed by atoms with Gasteiger partial charge < -0.3 is 15.2 Å². The lowest BCUT2D eigenvalue weighted by molar-refractivity contribution is 0.371. The van der Waals surface area contributed by atoms with Crippen LogP contribution in [0.3, 0.4) is 0 Å². The maximum absolute atomic E-state index is 13.4. The molecule has 0 fully saturated rings. The summed E-state index contributed by atoms with van der Waals surface area (Å²) in [5.41, 5.74) is 0.0955. The molecule has 0 bridgehead atoms. The van der Waals surface area contributed by atoms with Crippen molar-refractivity contribution < 1.29 is 23.0 Å². The monoisotopic (exact) mass is 283 g/mol. The summed E-state index contributed by atoms with van der Waals surface area (Å²) in [5, 5.41) is 12.4. The van der Waals surface area contributed by atoms with Gasteiger partial charge >= 0.3 is 0 Å². The summed E-state index contributed by atoms with van der Waals surface area (Å²) in [6, 6.07) is 6.08. The molecule has 0 saturated heterocycles. The molecular weight excluding hydrogens is 271 g/mol.